The van der Waals surface area contributed by atoms with Gasteiger partial charge in [0.15, 0.2) is 0 Å². The van der Waals surface area contributed by atoms with Gasteiger partial charge in [-0.05, 0) is 55.5 Å². The van der Waals surface area contributed by atoms with E-state index in [1.165, 1.54) is 0 Å². The number of anilines is 1. The van der Waals surface area contributed by atoms with E-state index in [4.69, 9.17) is 5.73 Å². The zero-order valence-electron chi connectivity index (χ0n) is 16.3. The van der Waals surface area contributed by atoms with Gasteiger partial charge in [-0.1, -0.05) is 29.8 Å². The third-order valence-corrected chi connectivity index (χ3v) is 5.10. The predicted molar refractivity (Wildman–Crippen MR) is 111 cm³/mol. The molecule has 6 nitrogen and oxygen atoms in total. The van der Waals surface area contributed by atoms with Gasteiger partial charge in [-0.15, -0.1) is 0 Å². The second kappa shape index (κ2) is 9.37. The summed E-state index contributed by atoms with van der Waals surface area (Å²) < 4.78 is 0. The fourth-order valence-electron chi connectivity index (χ4n) is 3.43. The molecule has 0 aliphatic carbocycles. The molecule has 2 aromatic carbocycles. The van der Waals surface area contributed by atoms with Gasteiger partial charge in [-0.2, -0.15) is 0 Å². The highest BCUT2D eigenvalue weighted by Gasteiger charge is 2.24. The molecule has 1 fully saturated rings. The molecule has 1 atom stereocenters. The first-order valence-electron chi connectivity index (χ1n) is 9.75. The van der Waals surface area contributed by atoms with Crippen molar-refractivity contribution in [2.24, 2.45) is 11.7 Å². The van der Waals surface area contributed by atoms with Gasteiger partial charge in [0.2, 0.25) is 0 Å². The molecule has 2 aromatic rings. The van der Waals surface area contributed by atoms with Crippen LogP contribution in [0, 0.1) is 12.8 Å². The molecule has 1 aliphatic rings. The average molecular weight is 380 g/mol. The quantitative estimate of drug-likeness (QED) is 0.745. The number of hydrogen-bond acceptors (Lipinski definition) is 3. The topological polar surface area (TPSA) is 87.5 Å². The number of benzene rings is 2. The first-order chi connectivity index (χ1) is 13.5. The van der Waals surface area contributed by atoms with E-state index < -0.39 is 0 Å². The molecule has 3 amide bonds. The molecule has 0 spiro atoms. The molecule has 1 saturated heterocycles. The second-order valence-corrected chi connectivity index (χ2v) is 7.36. The van der Waals surface area contributed by atoms with E-state index in [0.717, 1.165) is 36.2 Å². The molecule has 0 bridgehead atoms. The highest BCUT2D eigenvalue weighted by atomic mass is 16.2. The SMILES string of the molecule is Cc1ccc(NC(=O)NCC2CCCN(C(=O)c3ccc(CN)cc3)C2)cc1. The molecule has 3 rings (SSSR count). The van der Waals surface area contributed by atoms with Crippen LogP contribution in [0.3, 0.4) is 0 Å². The van der Waals surface area contributed by atoms with Gasteiger partial charge in [0.05, 0.1) is 0 Å². The lowest BCUT2D eigenvalue weighted by Crippen LogP contribution is -2.44. The molecule has 28 heavy (non-hydrogen) atoms. The Hall–Kier alpha value is -2.86. The largest absolute Gasteiger partial charge is 0.338 e. The molecule has 4 N–H and O–H groups in total. The van der Waals surface area contributed by atoms with Crippen LogP contribution in [-0.2, 0) is 6.54 Å². The summed E-state index contributed by atoms with van der Waals surface area (Å²) in [5.41, 5.74) is 9.23. The summed E-state index contributed by atoms with van der Waals surface area (Å²) in [6.07, 6.45) is 1.94. The molecular formula is C22H28N4O2. The molecule has 0 saturated carbocycles. The van der Waals surface area contributed by atoms with Crippen LogP contribution in [0.25, 0.3) is 0 Å². The Bertz CT molecular complexity index is 802. The van der Waals surface area contributed by atoms with Crippen molar-refractivity contribution in [2.75, 3.05) is 25.0 Å². The van der Waals surface area contributed by atoms with E-state index in [9.17, 15) is 9.59 Å². The second-order valence-electron chi connectivity index (χ2n) is 7.36. The fourth-order valence-corrected chi connectivity index (χ4v) is 3.43. The van der Waals surface area contributed by atoms with Crippen LogP contribution >= 0.6 is 0 Å². The molecular weight excluding hydrogens is 352 g/mol. The number of nitrogens with zero attached hydrogens (tertiary/aromatic N) is 1. The monoisotopic (exact) mass is 380 g/mol. The van der Waals surface area contributed by atoms with Crippen LogP contribution in [0.1, 0.15) is 34.3 Å². The van der Waals surface area contributed by atoms with Gasteiger partial charge >= 0.3 is 6.03 Å². The van der Waals surface area contributed by atoms with E-state index in [1.54, 1.807) is 0 Å². The molecule has 6 heteroatoms. The Balaban J connectivity index is 1.49. The van der Waals surface area contributed by atoms with E-state index in [2.05, 4.69) is 10.6 Å². The zero-order valence-corrected chi connectivity index (χ0v) is 16.3. The van der Waals surface area contributed by atoms with Crippen molar-refractivity contribution in [3.05, 3.63) is 65.2 Å². The Labute approximate surface area is 166 Å². The Morgan fingerprint density at radius 1 is 1.11 bits per heavy atom. The number of nitrogens with one attached hydrogen (secondary N) is 2. The maximum atomic E-state index is 12.7. The van der Waals surface area contributed by atoms with Crippen LogP contribution in [0.15, 0.2) is 48.5 Å². The highest BCUT2D eigenvalue weighted by molar-refractivity contribution is 5.94. The number of piperidine rings is 1. The Morgan fingerprint density at radius 3 is 2.50 bits per heavy atom. The normalized spacial score (nSPS) is 16.5. The van der Waals surface area contributed by atoms with Crippen molar-refractivity contribution in [1.82, 2.24) is 10.2 Å². The highest BCUT2D eigenvalue weighted by Crippen LogP contribution is 2.18. The third kappa shape index (κ3) is 5.33. The predicted octanol–water partition coefficient (Wildman–Crippen LogP) is 3.13. The van der Waals surface area contributed by atoms with Crippen molar-refractivity contribution in [2.45, 2.75) is 26.3 Å². The number of aryl methyl sites for hydroxylation is 1. The number of hydrogen-bond donors (Lipinski definition) is 3. The molecule has 1 unspecified atom stereocenters. The van der Waals surface area contributed by atoms with Crippen molar-refractivity contribution in [1.29, 1.82) is 0 Å². The molecule has 148 valence electrons. The lowest BCUT2D eigenvalue weighted by molar-refractivity contribution is 0.0675. The number of amides is 3. The van der Waals surface area contributed by atoms with Crippen LogP contribution in [0.5, 0.6) is 0 Å². The summed E-state index contributed by atoms with van der Waals surface area (Å²) >= 11 is 0. The van der Waals surface area contributed by atoms with Crippen molar-refractivity contribution in [3.63, 3.8) is 0 Å². The summed E-state index contributed by atoms with van der Waals surface area (Å²) in [5.74, 6) is 0.294. The van der Waals surface area contributed by atoms with E-state index in [0.29, 0.717) is 25.2 Å². The summed E-state index contributed by atoms with van der Waals surface area (Å²) in [6, 6.07) is 14.9. The Kier molecular flexibility index (Phi) is 6.66. The number of likely N-dealkylation sites (tertiary alicyclic amines) is 1. The van der Waals surface area contributed by atoms with Crippen molar-refractivity contribution < 1.29 is 9.59 Å². The third-order valence-electron chi connectivity index (χ3n) is 5.10. The van der Waals surface area contributed by atoms with Gasteiger partial charge < -0.3 is 21.3 Å². The van der Waals surface area contributed by atoms with E-state index >= 15 is 0 Å². The zero-order chi connectivity index (χ0) is 19.9. The lowest BCUT2D eigenvalue weighted by Gasteiger charge is -2.33. The standard InChI is InChI=1S/C22H28N4O2/c1-16-4-10-20(11-5-16)25-22(28)24-14-18-3-2-12-26(15-18)21(27)19-8-6-17(13-23)7-9-19/h4-11,18H,2-3,12-15,23H2,1H3,(H2,24,25,28). The van der Waals surface area contributed by atoms with Gasteiger partial charge in [0.25, 0.3) is 5.91 Å². The van der Waals surface area contributed by atoms with Crippen LogP contribution in [-0.4, -0.2) is 36.5 Å². The van der Waals surface area contributed by atoms with E-state index in [-0.39, 0.29) is 17.9 Å². The minimum atomic E-state index is -0.218. The molecule has 0 aromatic heterocycles. The number of urea groups is 1. The number of nitrogens with two attached hydrogens (primary N) is 1. The minimum Gasteiger partial charge on any atom is -0.338 e. The number of carbonyl (C=O) groups excluding carboxylic acids is 2. The van der Waals surface area contributed by atoms with Crippen LogP contribution in [0.2, 0.25) is 0 Å². The molecule has 1 heterocycles. The maximum absolute atomic E-state index is 12.7. The number of carbonyl (C=O) groups is 2. The van der Waals surface area contributed by atoms with E-state index in [1.807, 2.05) is 60.4 Å². The van der Waals surface area contributed by atoms with Crippen LogP contribution in [0.4, 0.5) is 10.5 Å². The van der Waals surface area contributed by atoms with Gasteiger partial charge in [-0.3, -0.25) is 4.79 Å². The maximum Gasteiger partial charge on any atom is 0.319 e. The lowest BCUT2D eigenvalue weighted by atomic mass is 9.97. The summed E-state index contributed by atoms with van der Waals surface area (Å²) in [4.78, 5) is 26.8. The first kappa shape index (κ1) is 19.9. The smallest absolute Gasteiger partial charge is 0.319 e. The van der Waals surface area contributed by atoms with Crippen molar-refractivity contribution >= 4 is 17.6 Å². The summed E-state index contributed by atoms with van der Waals surface area (Å²) in [5, 5.41) is 5.77. The molecule has 0 radical (unpaired) electrons. The van der Waals surface area contributed by atoms with Gasteiger partial charge in [0.1, 0.15) is 0 Å². The minimum absolute atomic E-state index is 0.0392. The molecule has 1 aliphatic heterocycles. The average Bonchev–Trinajstić information content (AvgIpc) is 2.74. The van der Waals surface area contributed by atoms with Gasteiger partial charge in [0, 0.05) is 37.4 Å². The Morgan fingerprint density at radius 2 is 1.82 bits per heavy atom. The summed E-state index contributed by atoms with van der Waals surface area (Å²) in [7, 11) is 0. The van der Waals surface area contributed by atoms with Gasteiger partial charge in [-0.25, -0.2) is 4.79 Å². The summed E-state index contributed by atoms with van der Waals surface area (Å²) in [6.45, 7) is 4.43. The van der Waals surface area contributed by atoms with Crippen LogP contribution < -0.4 is 16.4 Å². The first-order valence-corrected chi connectivity index (χ1v) is 9.75. The van der Waals surface area contributed by atoms with Crippen molar-refractivity contribution in [3.8, 4) is 0 Å². The number of rotatable bonds is 5. The fraction of sp³-hybridized carbons (Fsp3) is 0.364.